The SMILES string of the molecule is C.COc1cc(N)cc(OC)c1OC.COc1cc(Nc2nc(-c3cccnc3)nn3c(C(C)C)nc(C)c23)cc(OC)c1OC.COc1cc(O)cc(OC)c1OC.COc1cc(Oc2nc(-c3cccnc3)nn3c(C(C)C)nc(C)c23)cc(OC)c1OC.Cc1nc(C(C)C)n2nc(-c3cccnc3)[nH]c(=O)c12.Cc1nc(C(C)C)n2nc(-c3cccnc3)nc(-n3cncn3)c12.O=CO[O-].[H-].[K+].[K+].c1nc[nH]n1. The Morgan fingerprint density at radius 1 is 0.438 bits per heavy atom. The number of benzene rings is 4. The Balaban J connectivity index is 0.000000239. The van der Waals surface area contributed by atoms with E-state index in [1.54, 1.807) is 158 Å². The van der Waals surface area contributed by atoms with E-state index in [1.807, 2.05) is 111 Å². The summed E-state index contributed by atoms with van der Waals surface area (Å²) in [4.78, 5) is 83.3. The first-order valence-electron chi connectivity index (χ1n) is 43.9. The predicted octanol–water partition coefficient (Wildman–Crippen LogP) is 8.64. The van der Waals surface area contributed by atoms with Crippen LogP contribution < -0.4 is 186 Å². The number of pyridine rings is 4. The topological polar surface area (TPSA) is 544 Å². The van der Waals surface area contributed by atoms with Gasteiger partial charge < -0.3 is 94.3 Å². The van der Waals surface area contributed by atoms with Gasteiger partial charge in [0.15, 0.2) is 92.0 Å². The fourth-order valence-corrected chi connectivity index (χ4v) is 14.2. The molecule has 6 N–H and O–H groups in total. The summed E-state index contributed by atoms with van der Waals surface area (Å²) in [6.07, 6.45) is 19.8. The maximum Gasteiger partial charge on any atom is 1.00 e. The van der Waals surface area contributed by atoms with E-state index in [-0.39, 0.29) is 153 Å². The summed E-state index contributed by atoms with van der Waals surface area (Å²) in [7, 11) is 18.6. The number of aromatic nitrogens is 26. The molecule has 0 unspecified atom stereocenters. The van der Waals surface area contributed by atoms with Gasteiger partial charge in [-0.25, -0.2) is 62.6 Å². The van der Waals surface area contributed by atoms with Crippen LogP contribution in [0.25, 0.3) is 73.4 Å². The van der Waals surface area contributed by atoms with Gasteiger partial charge in [-0.15, -0.1) is 20.4 Å². The number of rotatable bonds is 26. The number of hydrogen-bond acceptors (Lipinski definition) is 39. The van der Waals surface area contributed by atoms with Gasteiger partial charge in [0.1, 0.15) is 71.1 Å². The number of phenols is 1. The number of nitrogens with two attached hydrogens (primary N) is 1. The minimum atomic E-state index is -0.184. The molecular weight excluding hydrogens is 1940 g/mol. The molecule has 0 aliphatic rings. The number of aryl methyl sites for hydroxylation is 4. The molecule has 0 atom stereocenters. The minimum Gasteiger partial charge on any atom is -1.00 e. The number of carbonyl (C=O) groups is 1. The molecule has 0 bridgehead atoms. The Labute approximate surface area is 927 Å². The molecule has 0 fully saturated rings. The van der Waals surface area contributed by atoms with Crippen LogP contribution in [0.4, 0.5) is 17.2 Å². The molecule has 4 aromatic carbocycles. The number of anilines is 3. The number of aromatic hydroxyl groups is 1. The largest absolute Gasteiger partial charge is 1.00 e. The summed E-state index contributed by atoms with van der Waals surface area (Å²) in [6.45, 7) is 24.0. The molecule has 14 aromatic heterocycles. The number of aromatic amines is 2. The maximum atomic E-state index is 12.3. The van der Waals surface area contributed by atoms with Crippen LogP contribution in [0.15, 0.2) is 177 Å². The number of phenolic OH excluding ortho intramolecular Hbond substituents is 1. The first-order chi connectivity index (χ1) is 69.0. The average molecular weight is 2050 g/mol. The molecule has 0 radical (unpaired) electrons. The number of H-pyrrole nitrogens is 2. The van der Waals surface area contributed by atoms with Gasteiger partial charge in [0, 0.05) is 155 Å². The number of nitrogens with zero attached hydrogens (tertiary/aromatic N) is 24. The first-order valence-corrected chi connectivity index (χ1v) is 43.9. The van der Waals surface area contributed by atoms with Gasteiger partial charge in [-0.3, -0.25) is 34.6 Å². The molecular formula is C98H116K2N28O18. The summed E-state index contributed by atoms with van der Waals surface area (Å²) in [5.74, 6) is 14.5. The summed E-state index contributed by atoms with van der Waals surface area (Å²) in [5.41, 5.74) is 15.9. The van der Waals surface area contributed by atoms with Crippen molar-refractivity contribution in [2.24, 2.45) is 0 Å². The zero-order chi connectivity index (χ0) is 103. The van der Waals surface area contributed by atoms with E-state index in [0.29, 0.717) is 138 Å². The number of hydrogen-bond donors (Lipinski definition) is 5. The standard InChI is InChI=1S/C23H26N6O3.C23H25N5O4.C16H16N8.C14H15N5O.C9H13NO3.C9H12O4.C2H3N3.CH2O3.CH4.2K.H/c1-13(2)23-25-14(3)19-22(27-21(28-29(19)23)15-8-7-9-24-12-15)26-16-10-17(30-4)20(32-6)18(11-16)31-5;1-13(2)22-25-14(3)19-23(26-21(27-28(19)22)15-8-7-9-24-12-15)32-16-10-17(29-4)20(31-6)18(11-16)30-5;1-10(2)15-20-11(3)13-16(23-9-18-8-19-23)21-14(22-24(13)15)12-5-4-6-17-7-12;1-8(2)13-16-9(3)11-14(20)17-12(18-19(11)13)10-5-4-6-15-7-10;2*1-11-7-4-6(10)5-8(12-2)9(7)13-3;1-3-2-5-4-1;2-1-4-3;;;;/h7-13H,1-6H3,(H,26,27,28);7-13H,1-6H3;4-10H,1-3H3;4-8H,1-3H3,(H,17,18,20);4-5H,10H2,1-3H3;4-5,10H,1-3H3;1-2H,(H,3,4,5);1,3H;1H4;;;/q;;;;;;;;;2*+1;-1/p-1. The van der Waals surface area contributed by atoms with Crippen molar-refractivity contribution in [1.29, 1.82) is 0 Å². The molecule has 0 saturated carbocycles. The third-order valence-electron chi connectivity index (χ3n) is 20.6. The van der Waals surface area contributed by atoms with Gasteiger partial charge in [0.2, 0.25) is 28.9 Å². The van der Waals surface area contributed by atoms with Crippen LogP contribution >= 0.6 is 0 Å². The number of nitrogen functional groups attached to an aromatic ring is 1. The van der Waals surface area contributed by atoms with E-state index >= 15 is 0 Å². The number of nitrogens with one attached hydrogen (secondary N) is 3. The third kappa shape index (κ3) is 28.3. The van der Waals surface area contributed by atoms with Gasteiger partial charge in [0.05, 0.1) is 108 Å². The summed E-state index contributed by atoms with van der Waals surface area (Å²) in [6, 6.07) is 28.4. The Hall–Kier alpha value is -14.7. The fourth-order valence-electron chi connectivity index (χ4n) is 14.2. The summed E-state index contributed by atoms with van der Waals surface area (Å²) >= 11 is 0. The maximum absolute atomic E-state index is 12.3. The van der Waals surface area contributed by atoms with E-state index < -0.39 is 0 Å². The van der Waals surface area contributed by atoms with Crippen LogP contribution in [0.5, 0.6) is 86.4 Å². The van der Waals surface area contributed by atoms with E-state index in [2.05, 4.69) is 117 Å². The normalized spacial score (nSPS) is 10.4. The van der Waals surface area contributed by atoms with Gasteiger partial charge in [-0.05, 0) is 76.2 Å². The van der Waals surface area contributed by atoms with Crippen LogP contribution in [0.2, 0.25) is 0 Å². The molecule has 146 heavy (non-hydrogen) atoms. The molecule has 46 nitrogen and oxygen atoms in total. The Bertz CT molecular complexity index is 6930. The first kappa shape index (κ1) is 117. The minimum absolute atomic E-state index is 0. The number of imidazole rings is 4. The molecule has 0 aliphatic carbocycles. The molecule has 18 aromatic rings. The summed E-state index contributed by atoms with van der Waals surface area (Å²) in [5, 5.41) is 50.0. The second-order valence-electron chi connectivity index (χ2n) is 31.5. The van der Waals surface area contributed by atoms with Crippen LogP contribution in [0.3, 0.4) is 0 Å². The number of ether oxygens (including phenoxy) is 13. The van der Waals surface area contributed by atoms with Crippen molar-refractivity contribution in [3.8, 4) is 138 Å². The van der Waals surface area contributed by atoms with E-state index in [1.165, 1.54) is 52.4 Å². The number of methoxy groups -OCH3 is 12. The van der Waals surface area contributed by atoms with Crippen molar-refractivity contribution in [2.75, 3.05) is 96.4 Å². The monoisotopic (exact) mass is 2050 g/mol. The van der Waals surface area contributed by atoms with Crippen molar-refractivity contribution in [2.45, 2.75) is 114 Å². The molecule has 0 spiro atoms. The van der Waals surface area contributed by atoms with E-state index in [0.717, 1.165) is 79.4 Å². The van der Waals surface area contributed by atoms with Crippen molar-refractivity contribution < 1.29 is 186 Å². The van der Waals surface area contributed by atoms with E-state index in [9.17, 15) is 9.90 Å². The molecule has 14 heterocycles. The zero-order valence-corrected chi connectivity index (χ0v) is 91.5. The van der Waals surface area contributed by atoms with Crippen molar-refractivity contribution >= 4 is 45.7 Å². The smallest absolute Gasteiger partial charge is 1.00 e. The fraction of sp³-hybridized carbons (Fsp3) is 0.296. The number of fused-ring (bicyclic) bond motifs is 4. The summed E-state index contributed by atoms with van der Waals surface area (Å²) < 4.78 is 78.1. The van der Waals surface area contributed by atoms with Gasteiger partial charge in [-0.2, -0.15) is 15.2 Å². The van der Waals surface area contributed by atoms with Gasteiger partial charge in [-0.1, -0.05) is 62.8 Å². The van der Waals surface area contributed by atoms with Crippen LogP contribution in [-0.2, 0) is 9.68 Å². The second kappa shape index (κ2) is 55.9. The van der Waals surface area contributed by atoms with Crippen LogP contribution in [0, 0.1) is 27.7 Å². The molecule has 48 heteroatoms. The quantitative estimate of drug-likeness (QED) is 0.0111. The van der Waals surface area contributed by atoms with Crippen molar-refractivity contribution in [3.05, 3.63) is 228 Å². The average Bonchev–Trinajstić information content (AvgIpc) is 1.61. The Morgan fingerprint density at radius 2 is 0.801 bits per heavy atom. The van der Waals surface area contributed by atoms with Gasteiger partial charge in [0.25, 0.3) is 12.0 Å². The molecule has 0 aliphatic heterocycles. The van der Waals surface area contributed by atoms with Crippen LogP contribution in [-0.4, -0.2) is 225 Å². The van der Waals surface area contributed by atoms with E-state index in [4.69, 9.17) is 118 Å². The van der Waals surface area contributed by atoms with Gasteiger partial charge >= 0.3 is 103 Å². The predicted molar refractivity (Wildman–Crippen MR) is 534 cm³/mol. The third-order valence-corrected chi connectivity index (χ3v) is 20.6. The zero-order valence-electron chi connectivity index (χ0n) is 86.3. The number of carbonyl (C=O) groups excluding carboxylic acids is 1. The Morgan fingerprint density at radius 3 is 1.16 bits per heavy atom. The molecule has 758 valence electrons. The molecule has 0 amide bonds. The second-order valence-corrected chi connectivity index (χ2v) is 31.5. The van der Waals surface area contributed by atoms with Crippen molar-refractivity contribution in [3.63, 3.8) is 0 Å². The Kier molecular flexibility index (Phi) is 44.6. The molecule has 18 rings (SSSR count). The molecule has 0 saturated heterocycles. The van der Waals surface area contributed by atoms with Crippen molar-refractivity contribution in [1.82, 2.24) is 128 Å². The van der Waals surface area contributed by atoms with Crippen LogP contribution in [0.1, 0.15) is 134 Å².